The van der Waals surface area contributed by atoms with Crippen molar-refractivity contribution >= 4 is 39.6 Å². The summed E-state index contributed by atoms with van der Waals surface area (Å²) in [6.45, 7) is 5.20. The molecule has 3 rings (SSSR count). The number of benzene rings is 1. The number of allylic oxidation sites excluding steroid dienone is 2. The highest BCUT2D eigenvalue weighted by Gasteiger charge is 2.56. The summed E-state index contributed by atoms with van der Waals surface area (Å²) < 4.78 is 92.3. The van der Waals surface area contributed by atoms with E-state index in [1.165, 1.54) is 28.8 Å². The van der Waals surface area contributed by atoms with Gasteiger partial charge in [0.2, 0.25) is 10.0 Å². The maximum absolute atomic E-state index is 13.2. The van der Waals surface area contributed by atoms with Crippen molar-refractivity contribution in [2.45, 2.75) is 56.8 Å². The lowest BCUT2D eigenvalue weighted by molar-refractivity contribution is -0.284. The number of carbonyl (C=O) groups excluding carboxylic acids is 1. The van der Waals surface area contributed by atoms with Crippen molar-refractivity contribution in [3.63, 3.8) is 0 Å². The largest absolute Gasteiger partial charge is 0.453 e. The summed E-state index contributed by atoms with van der Waals surface area (Å²) in [5, 5.41) is 2.56. The Hall–Kier alpha value is -1.77. The monoisotopic (exact) mass is 543 g/mol. The number of rotatable bonds is 8. The third kappa shape index (κ3) is 5.55. The number of nitrogens with one attached hydrogen (secondary N) is 2. The van der Waals surface area contributed by atoms with Crippen LogP contribution in [0.3, 0.4) is 0 Å². The highest BCUT2D eigenvalue weighted by molar-refractivity contribution is 8.24. The van der Waals surface area contributed by atoms with E-state index >= 15 is 0 Å². The standard InChI is InChI=1S/C20H22F5N3O3S3/c1-11-5-7-14(8-6-11)34(30,31)27-16-15-17(32-10-4-9-19(21,22)20(23,24)25)33-13(3)12(2)28(15)18(29)26-16/h5-8,16,27H,4,9-10H2,1-3H3,(H,26,29). The number of amides is 2. The van der Waals surface area contributed by atoms with Crippen molar-refractivity contribution in [1.82, 2.24) is 14.9 Å². The smallest absolute Gasteiger partial charge is 0.315 e. The Morgan fingerprint density at radius 1 is 1.12 bits per heavy atom. The van der Waals surface area contributed by atoms with Gasteiger partial charge in [-0.3, -0.25) is 4.90 Å². The first kappa shape index (κ1) is 26.8. The van der Waals surface area contributed by atoms with Crippen LogP contribution in [0.15, 0.2) is 49.7 Å². The summed E-state index contributed by atoms with van der Waals surface area (Å²) in [5.74, 6) is -4.87. The molecule has 1 aromatic rings. The van der Waals surface area contributed by atoms with Crippen LogP contribution in [0.25, 0.3) is 0 Å². The minimum atomic E-state index is -5.62. The average molecular weight is 544 g/mol. The molecule has 0 aliphatic carbocycles. The van der Waals surface area contributed by atoms with Gasteiger partial charge in [-0.1, -0.05) is 29.5 Å². The van der Waals surface area contributed by atoms with Crippen LogP contribution in [0.2, 0.25) is 0 Å². The molecule has 2 aliphatic rings. The number of halogens is 5. The number of hydrogen-bond acceptors (Lipinski definition) is 5. The predicted molar refractivity (Wildman–Crippen MR) is 121 cm³/mol. The summed E-state index contributed by atoms with van der Waals surface area (Å²) in [7, 11) is -4.03. The number of sulfonamides is 1. The zero-order chi connectivity index (χ0) is 25.5. The van der Waals surface area contributed by atoms with E-state index in [-0.39, 0.29) is 16.3 Å². The summed E-state index contributed by atoms with van der Waals surface area (Å²) in [5.41, 5.74) is 1.68. The third-order valence-corrected chi connectivity index (χ3v) is 9.17. The first-order valence-electron chi connectivity index (χ1n) is 10.0. The van der Waals surface area contributed by atoms with Gasteiger partial charge in [0.15, 0.2) is 0 Å². The van der Waals surface area contributed by atoms with Gasteiger partial charge in [-0.25, -0.2) is 13.2 Å². The van der Waals surface area contributed by atoms with Gasteiger partial charge < -0.3 is 5.32 Å². The zero-order valence-electron chi connectivity index (χ0n) is 18.3. The van der Waals surface area contributed by atoms with Gasteiger partial charge in [0.05, 0.1) is 14.8 Å². The van der Waals surface area contributed by atoms with Crippen molar-refractivity contribution in [3.8, 4) is 0 Å². The molecule has 14 heteroatoms. The SMILES string of the molecule is CC1=C(C)N2C(=O)NC(NS(=O)(=O)c3ccc(C)cc3)C2=C(SCCCC(F)(F)C(F)(F)F)S1. The molecule has 2 heterocycles. The number of carbonyl (C=O) groups is 1. The second-order valence-electron chi connectivity index (χ2n) is 7.72. The molecule has 0 aromatic heterocycles. The predicted octanol–water partition coefficient (Wildman–Crippen LogP) is 5.50. The summed E-state index contributed by atoms with van der Waals surface area (Å²) in [6, 6.07) is 5.51. The number of urea groups is 1. The quantitative estimate of drug-likeness (QED) is 0.334. The summed E-state index contributed by atoms with van der Waals surface area (Å²) in [4.78, 5) is 14.6. The van der Waals surface area contributed by atoms with E-state index in [1.807, 2.05) is 0 Å². The lowest BCUT2D eigenvalue weighted by Gasteiger charge is -2.29. The Kier molecular flexibility index (Phi) is 7.66. The molecule has 0 saturated carbocycles. The topological polar surface area (TPSA) is 78.5 Å². The number of fused-ring (bicyclic) bond motifs is 1. The second-order valence-corrected chi connectivity index (χ2v) is 12.0. The molecule has 188 valence electrons. The minimum Gasteiger partial charge on any atom is -0.315 e. The molecule has 1 saturated heterocycles. The fourth-order valence-electron chi connectivity index (χ4n) is 3.19. The molecular formula is C20H22F5N3O3S3. The molecular weight excluding hydrogens is 521 g/mol. The number of thioether (sulfide) groups is 2. The van der Waals surface area contributed by atoms with Crippen LogP contribution in [0.1, 0.15) is 32.3 Å². The van der Waals surface area contributed by atoms with Gasteiger partial charge in [0.1, 0.15) is 6.17 Å². The second kappa shape index (κ2) is 9.70. The molecule has 0 radical (unpaired) electrons. The van der Waals surface area contributed by atoms with Gasteiger partial charge >= 0.3 is 18.1 Å². The molecule has 2 aliphatic heterocycles. The van der Waals surface area contributed by atoms with Gasteiger partial charge in [0, 0.05) is 17.0 Å². The van der Waals surface area contributed by atoms with Crippen molar-refractivity contribution in [3.05, 3.63) is 50.4 Å². The van der Waals surface area contributed by atoms with Crippen molar-refractivity contribution in [2.24, 2.45) is 0 Å². The van der Waals surface area contributed by atoms with E-state index in [0.717, 1.165) is 17.3 Å². The Morgan fingerprint density at radius 2 is 1.74 bits per heavy atom. The van der Waals surface area contributed by atoms with E-state index in [1.54, 1.807) is 32.9 Å². The summed E-state index contributed by atoms with van der Waals surface area (Å²) in [6.07, 6.45) is -8.56. The van der Waals surface area contributed by atoms with E-state index in [9.17, 15) is 35.2 Å². The fourth-order valence-corrected chi connectivity index (χ4v) is 6.82. The Balaban J connectivity index is 1.82. The van der Waals surface area contributed by atoms with Crippen molar-refractivity contribution in [2.75, 3.05) is 5.75 Å². The molecule has 1 aromatic carbocycles. The van der Waals surface area contributed by atoms with E-state index < -0.39 is 47.2 Å². The maximum atomic E-state index is 13.2. The van der Waals surface area contributed by atoms with Gasteiger partial charge in [0.25, 0.3) is 0 Å². The Labute approximate surface area is 202 Å². The number of aryl methyl sites for hydroxylation is 1. The van der Waals surface area contributed by atoms with Gasteiger partial charge in [-0.05, 0) is 45.1 Å². The van der Waals surface area contributed by atoms with Crippen molar-refractivity contribution in [1.29, 1.82) is 0 Å². The maximum Gasteiger partial charge on any atom is 0.453 e. The third-order valence-electron chi connectivity index (χ3n) is 5.17. The van der Waals surface area contributed by atoms with Crippen LogP contribution in [-0.2, 0) is 10.0 Å². The molecule has 34 heavy (non-hydrogen) atoms. The molecule has 6 nitrogen and oxygen atoms in total. The molecule has 1 unspecified atom stereocenters. The fraction of sp³-hybridized carbons (Fsp3) is 0.450. The van der Waals surface area contributed by atoms with Crippen LogP contribution in [0.4, 0.5) is 26.7 Å². The molecule has 1 atom stereocenters. The van der Waals surface area contributed by atoms with Gasteiger partial charge in [-0.15, -0.1) is 11.8 Å². The minimum absolute atomic E-state index is 0.0121. The first-order valence-corrected chi connectivity index (χ1v) is 13.3. The van der Waals surface area contributed by atoms with E-state index in [0.29, 0.717) is 14.8 Å². The Bertz CT molecular complexity index is 1130. The number of nitrogens with zero attached hydrogens (tertiary/aromatic N) is 1. The molecule has 2 N–H and O–H groups in total. The van der Waals surface area contributed by atoms with Crippen LogP contribution in [-0.4, -0.2) is 43.4 Å². The lowest BCUT2D eigenvalue weighted by Crippen LogP contribution is -2.43. The molecule has 0 spiro atoms. The van der Waals surface area contributed by atoms with Crippen LogP contribution in [0.5, 0.6) is 0 Å². The van der Waals surface area contributed by atoms with Crippen LogP contribution >= 0.6 is 23.5 Å². The first-order chi connectivity index (χ1) is 15.6. The lowest BCUT2D eigenvalue weighted by atomic mass is 10.2. The van der Waals surface area contributed by atoms with Gasteiger partial charge in [-0.2, -0.15) is 26.7 Å². The normalized spacial score (nSPS) is 19.6. The Morgan fingerprint density at radius 3 is 2.32 bits per heavy atom. The molecule has 0 bridgehead atoms. The highest BCUT2D eigenvalue weighted by atomic mass is 32.2. The summed E-state index contributed by atoms with van der Waals surface area (Å²) >= 11 is 2.21. The molecule has 1 fully saturated rings. The molecule has 2 amide bonds. The number of hydrogen-bond donors (Lipinski definition) is 2. The zero-order valence-corrected chi connectivity index (χ0v) is 20.7. The van der Waals surface area contributed by atoms with Crippen molar-refractivity contribution < 1.29 is 35.2 Å². The van der Waals surface area contributed by atoms with Crippen LogP contribution < -0.4 is 10.0 Å². The average Bonchev–Trinajstić information content (AvgIpc) is 3.03. The number of alkyl halides is 5. The van der Waals surface area contributed by atoms with Crippen LogP contribution in [0, 0.1) is 6.92 Å². The van der Waals surface area contributed by atoms with E-state index in [2.05, 4.69) is 10.0 Å². The highest BCUT2D eigenvalue weighted by Crippen LogP contribution is 2.47. The van der Waals surface area contributed by atoms with E-state index in [4.69, 9.17) is 0 Å².